The molecule has 3 nitrogen and oxygen atoms in total. The van der Waals surface area contributed by atoms with Crippen LogP contribution in [0.1, 0.15) is 11.1 Å². The van der Waals surface area contributed by atoms with Crippen LogP contribution in [-0.4, -0.2) is 4.98 Å². The van der Waals surface area contributed by atoms with Gasteiger partial charge in [0.15, 0.2) is 5.13 Å². The summed E-state index contributed by atoms with van der Waals surface area (Å²) in [4.78, 5) is 4.54. The van der Waals surface area contributed by atoms with Gasteiger partial charge in [0.2, 0.25) is 0 Å². The van der Waals surface area contributed by atoms with Crippen molar-refractivity contribution in [3.05, 3.63) is 53.6 Å². The molecule has 0 saturated carbocycles. The first-order chi connectivity index (χ1) is 9.20. The van der Waals surface area contributed by atoms with Crippen molar-refractivity contribution in [3.63, 3.8) is 0 Å². The largest absolute Gasteiger partial charge is 0.399 e. The van der Waals surface area contributed by atoms with Crippen LogP contribution in [0.5, 0.6) is 0 Å². The van der Waals surface area contributed by atoms with Crippen LogP contribution >= 0.6 is 11.3 Å². The molecule has 4 heteroatoms. The molecule has 96 valence electrons. The number of rotatable bonds is 3. The molecular weight excluding hydrogens is 254 g/mol. The molecule has 19 heavy (non-hydrogen) atoms. The van der Waals surface area contributed by atoms with Gasteiger partial charge in [-0.25, -0.2) is 4.98 Å². The van der Waals surface area contributed by atoms with Crippen molar-refractivity contribution in [1.82, 2.24) is 4.98 Å². The Morgan fingerprint density at radius 2 is 2.11 bits per heavy atom. The highest BCUT2D eigenvalue weighted by Gasteiger charge is 2.03. The minimum Gasteiger partial charge on any atom is -0.399 e. The number of anilines is 2. The fraction of sp³-hybridized carbons (Fsp3) is 0.133. The minimum atomic E-state index is 0.779. The summed E-state index contributed by atoms with van der Waals surface area (Å²) >= 11 is 1.63. The Morgan fingerprint density at radius 3 is 2.95 bits per heavy atom. The molecule has 3 aromatic rings. The summed E-state index contributed by atoms with van der Waals surface area (Å²) in [5, 5.41) is 4.30. The lowest BCUT2D eigenvalue weighted by molar-refractivity contribution is 1.13. The summed E-state index contributed by atoms with van der Waals surface area (Å²) in [5.41, 5.74) is 10.1. The van der Waals surface area contributed by atoms with E-state index in [4.69, 9.17) is 5.73 Å². The molecule has 3 N–H and O–H groups in total. The molecule has 0 aliphatic rings. The first-order valence-electron chi connectivity index (χ1n) is 6.16. The molecule has 0 bridgehead atoms. The molecule has 1 heterocycles. The zero-order valence-electron chi connectivity index (χ0n) is 10.7. The Balaban J connectivity index is 1.78. The monoisotopic (exact) mass is 269 g/mol. The fourth-order valence-electron chi connectivity index (χ4n) is 2.02. The Labute approximate surface area is 116 Å². The number of nitrogens with one attached hydrogen (secondary N) is 1. The SMILES string of the molecule is Cc1cccc(CNc2nc3ccc(N)cc3s2)c1. The number of hydrogen-bond donors (Lipinski definition) is 2. The average Bonchev–Trinajstić information content (AvgIpc) is 2.78. The van der Waals surface area contributed by atoms with Crippen LogP contribution in [0.4, 0.5) is 10.8 Å². The molecule has 0 aliphatic carbocycles. The van der Waals surface area contributed by atoms with Gasteiger partial charge >= 0.3 is 0 Å². The van der Waals surface area contributed by atoms with E-state index in [9.17, 15) is 0 Å². The van der Waals surface area contributed by atoms with Gasteiger partial charge in [-0.05, 0) is 30.7 Å². The van der Waals surface area contributed by atoms with E-state index in [1.54, 1.807) is 11.3 Å². The molecule has 0 aliphatic heterocycles. The lowest BCUT2D eigenvalue weighted by Gasteiger charge is -2.03. The van der Waals surface area contributed by atoms with Gasteiger partial charge in [0.25, 0.3) is 0 Å². The third kappa shape index (κ3) is 2.69. The van der Waals surface area contributed by atoms with E-state index in [0.29, 0.717) is 0 Å². The second-order valence-electron chi connectivity index (χ2n) is 4.59. The van der Waals surface area contributed by atoms with Gasteiger partial charge in [-0.3, -0.25) is 0 Å². The van der Waals surface area contributed by atoms with E-state index in [1.807, 2.05) is 18.2 Å². The Morgan fingerprint density at radius 1 is 1.21 bits per heavy atom. The molecule has 0 atom stereocenters. The van der Waals surface area contributed by atoms with Crippen molar-refractivity contribution in [2.45, 2.75) is 13.5 Å². The topological polar surface area (TPSA) is 50.9 Å². The number of aryl methyl sites for hydroxylation is 1. The molecular formula is C15H15N3S. The molecule has 0 spiro atoms. The summed E-state index contributed by atoms with van der Waals surface area (Å²) < 4.78 is 1.12. The fourth-order valence-corrected chi connectivity index (χ4v) is 2.93. The molecule has 0 saturated heterocycles. The highest BCUT2D eigenvalue weighted by Crippen LogP contribution is 2.27. The molecule has 1 aromatic heterocycles. The van der Waals surface area contributed by atoms with Gasteiger partial charge in [-0.2, -0.15) is 0 Å². The normalized spacial score (nSPS) is 10.8. The smallest absolute Gasteiger partial charge is 0.184 e. The molecule has 0 fully saturated rings. The number of nitrogens with two attached hydrogens (primary N) is 1. The number of thiazole rings is 1. The quantitative estimate of drug-likeness (QED) is 0.711. The predicted molar refractivity (Wildman–Crippen MR) is 82.5 cm³/mol. The van der Waals surface area contributed by atoms with Gasteiger partial charge < -0.3 is 11.1 Å². The van der Waals surface area contributed by atoms with Crippen LogP contribution in [0, 0.1) is 6.92 Å². The van der Waals surface area contributed by atoms with Crippen LogP contribution in [0.3, 0.4) is 0 Å². The number of aromatic nitrogens is 1. The van der Waals surface area contributed by atoms with Gasteiger partial charge in [-0.1, -0.05) is 41.2 Å². The van der Waals surface area contributed by atoms with Crippen molar-refractivity contribution in [3.8, 4) is 0 Å². The van der Waals surface area contributed by atoms with Crippen molar-refractivity contribution < 1.29 is 0 Å². The molecule has 0 radical (unpaired) electrons. The van der Waals surface area contributed by atoms with Crippen LogP contribution in [-0.2, 0) is 6.54 Å². The number of benzene rings is 2. The summed E-state index contributed by atoms with van der Waals surface area (Å²) in [5.74, 6) is 0. The summed E-state index contributed by atoms with van der Waals surface area (Å²) in [7, 11) is 0. The van der Waals surface area contributed by atoms with Crippen LogP contribution in [0.2, 0.25) is 0 Å². The van der Waals surface area contributed by atoms with Crippen LogP contribution in [0.15, 0.2) is 42.5 Å². The molecule has 2 aromatic carbocycles. The standard InChI is InChI=1S/C15H15N3S/c1-10-3-2-4-11(7-10)9-17-15-18-13-6-5-12(16)8-14(13)19-15/h2-8H,9,16H2,1H3,(H,17,18). The third-order valence-corrected chi connectivity index (χ3v) is 3.91. The Bertz CT molecular complexity index is 718. The summed E-state index contributed by atoms with van der Waals surface area (Å²) in [6.45, 7) is 2.89. The van der Waals surface area contributed by atoms with Gasteiger partial charge in [0.05, 0.1) is 10.2 Å². The van der Waals surface area contributed by atoms with E-state index in [2.05, 4.69) is 41.5 Å². The molecule has 3 rings (SSSR count). The highest BCUT2D eigenvalue weighted by molar-refractivity contribution is 7.22. The highest BCUT2D eigenvalue weighted by atomic mass is 32.1. The zero-order valence-corrected chi connectivity index (χ0v) is 11.5. The second-order valence-corrected chi connectivity index (χ2v) is 5.62. The van der Waals surface area contributed by atoms with Crippen molar-refractivity contribution in [2.75, 3.05) is 11.1 Å². The van der Waals surface area contributed by atoms with Crippen molar-refractivity contribution >= 4 is 32.4 Å². The van der Waals surface area contributed by atoms with Crippen LogP contribution < -0.4 is 11.1 Å². The number of hydrogen-bond acceptors (Lipinski definition) is 4. The number of nitrogens with zero attached hydrogens (tertiary/aromatic N) is 1. The number of fused-ring (bicyclic) bond motifs is 1. The Hall–Kier alpha value is -2.07. The van der Waals surface area contributed by atoms with E-state index < -0.39 is 0 Å². The van der Waals surface area contributed by atoms with Gasteiger partial charge in [-0.15, -0.1) is 0 Å². The van der Waals surface area contributed by atoms with E-state index in [0.717, 1.165) is 27.6 Å². The summed E-state index contributed by atoms with van der Waals surface area (Å²) in [6, 6.07) is 14.3. The maximum absolute atomic E-state index is 5.77. The maximum Gasteiger partial charge on any atom is 0.184 e. The predicted octanol–water partition coefficient (Wildman–Crippen LogP) is 3.80. The van der Waals surface area contributed by atoms with E-state index in [1.165, 1.54) is 11.1 Å². The van der Waals surface area contributed by atoms with Crippen molar-refractivity contribution in [1.29, 1.82) is 0 Å². The first-order valence-corrected chi connectivity index (χ1v) is 6.98. The van der Waals surface area contributed by atoms with E-state index in [-0.39, 0.29) is 0 Å². The first kappa shape index (κ1) is 12.0. The van der Waals surface area contributed by atoms with Crippen molar-refractivity contribution in [2.24, 2.45) is 0 Å². The lowest BCUT2D eigenvalue weighted by Crippen LogP contribution is -1.98. The van der Waals surface area contributed by atoms with Crippen LogP contribution in [0.25, 0.3) is 10.2 Å². The maximum atomic E-state index is 5.77. The third-order valence-electron chi connectivity index (χ3n) is 2.94. The average molecular weight is 269 g/mol. The number of nitrogen functional groups attached to an aromatic ring is 1. The molecule has 0 amide bonds. The minimum absolute atomic E-state index is 0.779. The Kier molecular flexibility index (Phi) is 3.09. The molecule has 0 unspecified atom stereocenters. The lowest BCUT2D eigenvalue weighted by atomic mass is 10.1. The second kappa shape index (κ2) is 4.90. The van der Waals surface area contributed by atoms with Gasteiger partial charge in [0.1, 0.15) is 0 Å². The zero-order chi connectivity index (χ0) is 13.2. The summed E-state index contributed by atoms with van der Waals surface area (Å²) in [6.07, 6.45) is 0. The van der Waals surface area contributed by atoms with Gasteiger partial charge in [0, 0.05) is 12.2 Å². The van der Waals surface area contributed by atoms with E-state index >= 15 is 0 Å².